The summed E-state index contributed by atoms with van der Waals surface area (Å²) in [4.78, 5) is 0. The van der Waals surface area contributed by atoms with Crippen LogP contribution in [0.3, 0.4) is 0 Å². The number of rotatable bonds is 3. The van der Waals surface area contributed by atoms with Gasteiger partial charge in [0.1, 0.15) is 12.4 Å². The monoisotopic (exact) mass is 158 g/mol. The molecule has 0 aliphatic heterocycles. The minimum Gasteiger partial charge on any atom is -0.493 e. The van der Waals surface area contributed by atoms with E-state index < -0.39 is 0 Å². The second-order valence-corrected chi connectivity index (χ2v) is 2.50. The Bertz CT molecular complexity index is 149. The van der Waals surface area contributed by atoms with Crippen molar-refractivity contribution in [1.82, 2.24) is 0 Å². The zero-order valence-corrected chi connectivity index (χ0v) is 6.60. The third-order valence-electron chi connectivity index (χ3n) is 1.31. The van der Waals surface area contributed by atoms with E-state index in [4.69, 9.17) is 16.3 Å². The van der Waals surface area contributed by atoms with Crippen LogP contribution in [0.5, 0.6) is 0 Å². The molecule has 0 amide bonds. The quantitative estimate of drug-likeness (QED) is 0.574. The van der Waals surface area contributed by atoms with E-state index in [0.717, 1.165) is 18.6 Å². The highest BCUT2D eigenvalue weighted by atomic mass is 35.5. The fourth-order valence-corrected chi connectivity index (χ4v) is 0.930. The highest BCUT2D eigenvalue weighted by Crippen LogP contribution is 2.10. The summed E-state index contributed by atoms with van der Waals surface area (Å²) in [5.41, 5.74) is 0. The van der Waals surface area contributed by atoms with E-state index in [2.05, 4.69) is 12.2 Å². The molecule has 1 aliphatic rings. The molecule has 0 N–H and O–H groups in total. The Hall–Kier alpha value is -0.430. The molecular weight excluding hydrogens is 148 g/mol. The van der Waals surface area contributed by atoms with Crippen molar-refractivity contribution in [2.75, 3.05) is 12.5 Å². The molecule has 56 valence electrons. The van der Waals surface area contributed by atoms with Gasteiger partial charge in [-0.1, -0.05) is 6.08 Å². The lowest BCUT2D eigenvalue weighted by molar-refractivity contribution is 0.242. The highest BCUT2D eigenvalue weighted by molar-refractivity contribution is 6.17. The van der Waals surface area contributed by atoms with Crippen LogP contribution < -0.4 is 0 Å². The Labute approximate surface area is 66.3 Å². The van der Waals surface area contributed by atoms with Gasteiger partial charge in [0.15, 0.2) is 0 Å². The van der Waals surface area contributed by atoms with Crippen LogP contribution in [0.4, 0.5) is 0 Å². The molecule has 0 saturated heterocycles. The lowest BCUT2D eigenvalue weighted by Crippen LogP contribution is -1.95. The van der Waals surface area contributed by atoms with E-state index in [-0.39, 0.29) is 0 Å². The SMILES string of the molecule is ClCCOC1=CCCC=C1. The molecule has 10 heavy (non-hydrogen) atoms. The summed E-state index contributed by atoms with van der Waals surface area (Å²) < 4.78 is 5.27. The smallest absolute Gasteiger partial charge is 0.115 e. The van der Waals surface area contributed by atoms with Crippen molar-refractivity contribution < 1.29 is 4.74 Å². The summed E-state index contributed by atoms with van der Waals surface area (Å²) in [6.07, 6.45) is 8.42. The molecule has 0 aromatic heterocycles. The first-order valence-electron chi connectivity index (χ1n) is 3.49. The van der Waals surface area contributed by atoms with Crippen molar-refractivity contribution in [1.29, 1.82) is 0 Å². The number of allylic oxidation sites excluding steroid dienone is 3. The second-order valence-electron chi connectivity index (χ2n) is 2.12. The van der Waals surface area contributed by atoms with E-state index in [1.54, 1.807) is 0 Å². The third kappa shape index (κ3) is 2.44. The standard InChI is InChI=1S/C8H11ClO/c9-6-7-10-8-4-2-1-3-5-8/h2,4-5H,1,3,6-7H2. The summed E-state index contributed by atoms with van der Waals surface area (Å²) in [5, 5.41) is 0. The minimum atomic E-state index is 0.561. The van der Waals surface area contributed by atoms with Crippen molar-refractivity contribution >= 4 is 11.6 Å². The van der Waals surface area contributed by atoms with E-state index in [0.29, 0.717) is 12.5 Å². The first kappa shape index (κ1) is 7.67. The fourth-order valence-electron chi connectivity index (χ4n) is 0.853. The predicted octanol–water partition coefficient (Wildman–Crippen LogP) is 2.48. The first-order valence-corrected chi connectivity index (χ1v) is 4.02. The minimum absolute atomic E-state index is 0.561. The van der Waals surface area contributed by atoms with Crippen molar-refractivity contribution in [3.63, 3.8) is 0 Å². The summed E-state index contributed by atoms with van der Waals surface area (Å²) in [6, 6.07) is 0. The van der Waals surface area contributed by atoms with Crippen molar-refractivity contribution in [2.45, 2.75) is 12.8 Å². The van der Waals surface area contributed by atoms with Crippen LogP contribution in [0, 0.1) is 0 Å². The molecular formula is C8H11ClO. The average Bonchev–Trinajstić information content (AvgIpc) is 2.03. The van der Waals surface area contributed by atoms with Crippen LogP contribution in [-0.4, -0.2) is 12.5 Å². The van der Waals surface area contributed by atoms with Gasteiger partial charge in [0, 0.05) is 0 Å². The second kappa shape index (κ2) is 4.40. The number of alkyl halides is 1. The summed E-state index contributed by atoms with van der Waals surface area (Å²) in [7, 11) is 0. The molecule has 0 radical (unpaired) electrons. The van der Waals surface area contributed by atoms with Crippen LogP contribution in [0.15, 0.2) is 24.0 Å². The molecule has 1 rings (SSSR count). The number of hydrogen-bond donors (Lipinski definition) is 0. The van der Waals surface area contributed by atoms with E-state index in [1.807, 2.05) is 6.08 Å². The molecule has 0 atom stereocenters. The maximum absolute atomic E-state index is 5.44. The first-order chi connectivity index (χ1) is 4.93. The topological polar surface area (TPSA) is 9.23 Å². The van der Waals surface area contributed by atoms with Crippen LogP contribution in [0.25, 0.3) is 0 Å². The Morgan fingerprint density at radius 2 is 2.40 bits per heavy atom. The third-order valence-corrected chi connectivity index (χ3v) is 1.46. The molecule has 0 saturated carbocycles. The van der Waals surface area contributed by atoms with Crippen molar-refractivity contribution in [3.05, 3.63) is 24.0 Å². The van der Waals surface area contributed by atoms with Gasteiger partial charge in [-0.3, -0.25) is 0 Å². The summed E-state index contributed by atoms with van der Waals surface area (Å²) >= 11 is 5.44. The predicted molar refractivity (Wildman–Crippen MR) is 43.1 cm³/mol. The van der Waals surface area contributed by atoms with E-state index in [1.165, 1.54) is 0 Å². The van der Waals surface area contributed by atoms with Gasteiger partial charge in [0.05, 0.1) is 5.88 Å². The van der Waals surface area contributed by atoms with Gasteiger partial charge in [-0.05, 0) is 25.0 Å². The van der Waals surface area contributed by atoms with Gasteiger partial charge >= 0.3 is 0 Å². The Balaban J connectivity index is 2.26. The van der Waals surface area contributed by atoms with Crippen molar-refractivity contribution in [2.24, 2.45) is 0 Å². The van der Waals surface area contributed by atoms with Gasteiger partial charge in [0.2, 0.25) is 0 Å². The molecule has 0 aromatic rings. The molecule has 0 bridgehead atoms. The van der Waals surface area contributed by atoms with Gasteiger partial charge in [-0.25, -0.2) is 0 Å². The molecule has 0 fully saturated rings. The largest absolute Gasteiger partial charge is 0.493 e. The van der Waals surface area contributed by atoms with Gasteiger partial charge in [0.25, 0.3) is 0 Å². The molecule has 2 heteroatoms. The average molecular weight is 159 g/mol. The van der Waals surface area contributed by atoms with Crippen LogP contribution in [0.2, 0.25) is 0 Å². The van der Waals surface area contributed by atoms with Gasteiger partial charge < -0.3 is 4.74 Å². The Morgan fingerprint density at radius 3 is 3.00 bits per heavy atom. The maximum Gasteiger partial charge on any atom is 0.115 e. The van der Waals surface area contributed by atoms with E-state index in [9.17, 15) is 0 Å². The van der Waals surface area contributed by atoms with Gasteiger partial charge in [-0.2, -0.15) is 0 Å². The Morgan fingerprint density at radius 1 is 1.50 bits per heavy atom. The number of halogens is 1. The molecule has 0 unspecified atom stereocenters. The fraction of sp³-hybridized carbons (Fsp3) is 0.500. The molecule has 0 aromatic carbocycles. The molecule has 0 spiro atoms. The lowest BCUT2D eigenvalue weighted by atomic mass is 10.2. The molecule has 1 nitrogen and oxygen atoms in total. The summed E-state index contributed by atoms with van der Waals surface area (Å²) in [6.45, 7) is 0.609. The van der Waals surface area contributed by atoms with E-state index >= 15 is 0 Å². The maximum atomic E-state index is 5.44. The van der Waals surface area contributed by atoms with Gasteiger partial charge in [-0.15, -0.1) is 11.6 Å². The van der Waals surface area contributed by atoms with Crippen LogP contribution in [0.1, 0.15) is 12.8 Å². The molecule has 0 heterocycles. The highest BCUT2D eigenvalue weighted by Gasteiger charge is 1.95. The van der Waals surface area contributed by atoms with Crippen molar-refractivity contribution in [3.8, 4) is 0 Å². The zero-order chi connectivity index (χ0) is 7.23. The number of ether oxygens (including phenoxy) is 1. The molecule has 1 aliphatic carbocycles. The van der Waals surface area contributed by atoms with Crippen LogP contribution in [-0.2, 0) is 4.74 Å². The number of hydrogen-bond acceptors (Lipinski definition) is 1. The van der Waals surface area contributed by atoms with Crippen LogP contribution >= 0.6 is 11.6 Å². The summed E-state index contributed by atoms with van der Waals surface area (Å²) in [5.74, 6) is 1.53. The normalized spacial score (nSPS) is 16.7. The zero-order valence-electron chi connectivity index (χ0n) is 5.85. The lowest BCUT2D eigenvalue weighted by Gasteiger charge is -2.07. The Kier molecular flexibility index (Phi) is 3.37.